The van der Waals surface area contributed by atoms with Crippen LogP contribution in [0.5, 0.6) is 0 Å². The molecule has 54 valence electrons. The van der Waals surface area contributed by atoms with Crippen LogP contribution in [0.2, 0.25) is 0 Å². The third kappa shape index (κ3) is 0.679. The van der Waals surface area contributed by atoms with E-state index < -0.39 is 11.2 Å². The second-order valence-electron chi connectivity index (χ2n) is 3.16. The van der Waals surface area contributed by atoms with E-state index in [9.17, 15) is 0 Å². The van der Waals surface area contributed by atoms with Gasteiger partial charge in [-0.1, -0.05) is 0 Å². The summed E-state index contributed by atoms with van der Waals surface area (Å²) < 4.78 is 0. The van der Waals surface area contributed by atoms with Crippen molar-refractivity contribution in [3.8, 4) is 0 Å². The largest absolute Gasteiger partial charge is 0.325 e. The van der Waals surface area contributed by atoms with Crippen molar-refractivity contribution in [2.75, 3.05) is 0 Å². The molecule has 0 aliphatic heterocycles. The summed E-state index contributed by atoms with van der Waals surface area (Å²) in [7, 11) is 0. The Balaban J connectivity index is 2.70. The van der Waals surface area contributed by atoms with Crippen LogP contribution in [0, 0.1) is 0 Å². The van der Waals surface area contributed by atoms with Crippen molar-refractivity contribution in [1.82, 2.24) is 0 Å². The summed E-state index contributed by atoms with van der Waals surface area (Å²) in [6, 6.07) is -0.146. The van der Waals surface area contributed by atoms with Crippen LogP contribution < -0.4 is 22.9 Å². The first-order chi connectivity index (χ1) is 3.88. The maximum absolute atomic E-state index is 5.66. The minimum absolute atomic E-state index is 0.146. The van der Waals surface area contributed by atoms with Gasteiger partial charge in [0.15, 0.2) is 0 Å². The van der Waals surface area contributed by atoms with Gasteiger partial charge in [0.2, 0.25) is 0 Å². The van der Waals surface area contributed by atoms with Crippen LogP contribution in [-0.4, -0.2) is 17.2 Å². The third-order valence-electron chi connectivity index (χ3n) is 2.25. The van der Waals surface area contributed by atoms with Crippen molar-refractivity contribution in [3.63, 3.8) is 0 Å². The molecule has 1 aliphatic carbocycles. The van der Waals surface area contributed by atoms with E-state index in [0.29, 0.717) is 6.42 Å². The van der Waals surface area contributed by atoms with Crippen LogP contribution in [0.4, 0.5) is 0 Å². The molecule has 0 heterocycles. The normalized spacial score (nSPS) is 48.3. The van der Waals surface area contributed by atoms with Crippen LogP contribution in [0.15, 0.2) is 0 Å². The summed E-state index contributed by atoms with van der Waals surface area (Å²) in [5, 5.41) is 0. The predicted molar refractivity (Wildman–Crippen MR) is 36.3 cm³/mol. The van der Waals surface area contributed by atoms with Gasteiger partial charge in [-0.2, -0.15) is 0 Å². The van der Waals surface area contributed by atoms with E-state index in [1.165, 1.54) is 0 Å². The van der Waals surface area contributed by atoms with Gasteiger partial charge in [-0.15, -0.1) is 0 Å². The van der Waals surface area contributed by atoms with Crippen molar-refractivity contribution in [1.29, 1.82) is 0 Å². The first kappa shape index (κ1) is 6.95. The van der Waals surface area contributed by atoms with Gasteiger partial charge in [0, 0.05) is 11.6 Å². The fourth-order valence-electron chi connectivity index (χ4n) is 1.09. The Labute approximate surface area is 54.6 Å². The molecule has 2 unspecified atom stereocenters. The lowest BCUT2D eigenvalue weighted by Gasteiger charge is -2.55. The predicted octanol–water partition coefficient (Wildman–Crippen LogP) is -1.95. The highest BCUT2D eigenvalue weighted by atomic mass is 15.2. The van der Waals surface area contributed by atoms with Crippen molar-refractivity contribution < 1.29 is 0 Å². The molecule has 0 aromatic carbocycles. The summed E-state index contributed by atoms with van der Waals surface area (Å²) in [6.45, 7) is 1.82. The highest BCUT2D eigenvalue weighted by Gasteiger charge is 2.54. The quantitative estimate of drug-likeness (QED) is 0.286. The molecular weight excluding hydrogens is 116 g/mol. The van der Waals surface area contributed by atoms with Gasteiger partial charge in [0.1, 0.15) is 0 Å². The molecule has 1 saturated carbocycles. The maximum Gasteiger partial charge on any atom is 0.0975 e. The Morgan fingerprint density at radius 3 is 1.78 bits per heavy atom. The van der Waals surface area contributed by atoms with Crippen molar-refractivity contribution >= 4 is 0 Å². The summed E-state index contributed by atoms with van der Waals surface area (Å²) in [4.78, 5) is 0. The zero-order chi connectivity index (χ0) is 7.28. The van der Waals surface area contributed by atoms with E-state index in [0.717, 1.165) is 0 Å². The Kier molecular flexibility index (Phi) is 1.13. The average molecular weight is 130 g/mol. The Morgan fingerprint density at radius 1 is 1.33 bits per heavy atom. The molecule has 0 aromatic heterocycles. The van der Waals surface area contributed by atoms with Gasteiger partial charge in [-0.25, -0.2) is 0 Å². The first-order valence-electron chi connectivity index (χ1n) is 3.00. The van der Waals surface area contributed by atoms with E-state index in [1.807, 2.05) is 6.92 Å². The van der Waals surface area contributed by atoms with E-state index in [-0.39, 0.29) is 6.04 Å². The molecule has 0 amide bonds. The highest BCUT2D eigenvalue weighted by Crippen LogP contribution is 2.32. The molecule has 9 heavy (non-hydrogen) atoms. The second-order valence-corrected chi connectivity index (χ2v) is 3.16. The Morgan fingerprint density at radius 2 is 1.78 bits per heavy atom. The molecular formula is C5H14N4. The summed E-state index contributed by atoms with van der Waals surface area (Å²) in [6.07, 6.45) is 0.708. The van der Waals surface area contributed by atoms with Crippen LogP contribution in [-0.2, 0) is 0 Å². The van der Waals surface area contributed by atoms with E-state index in [1.54, 1.807) is 0 Å². The van der Waals surface area contributed by atoms with Crippen LogP contribution in [0.25, 0.3) is 0 Å². The standard InChI is InChI=1S/C5H14N4/c1-4(7)2-3(6)5(4,8)9/h3H,2,6-9H2,1H3. The average Bonchev–Trinajstić information content (AvgIpc) is 1.65. The van der Waals surface area contributed by atoms with Gasteiger partial charge >= 0.3 is 0 Å². The van der Waals surface area contributed by atoms with E-state index >= 15 is 0 Å². The van der Waals surface area contributed by atoms with Crippen molar-refractivity contribution in [2.24, 2.45) is 22.9 Å². The van der Waals surface area contributed by atoms with E-state index in [4.69, 9.17) is 22.9 Å². The first-order valence-corrected chi connectivity index (χ1v) is 3.00. The van der Waals surface area contributed by atoms with Gasteiger partial charge in [-0.05, 0) is 13.3 Å². The monoisotopic (exact) mass is 130 g/mol. The minimum atomic E-state index is -0.868. The van der Waals surface area contributed by atoms with Gasteiger partial charge in [0.25, 0.3) is 0 Å². The van der Waals surface area contributed by atoms with Crippen LogP contribution >= 0.6 is 0 Å². The van der Waals surface area contributed by atoms with Gasteiger partial charge < -0.3 is 22.9 Å². The fourth-order valence-corrected chi connectivity index (χ4v) is 1.09. The highest BCUT2D eigenvalue weighted by molar-refractivity contribution is 5.17. The van der Waals surface area contributed by atoms with Crippen molar-refractivity contribution in [3.05, 3.63) is 0 Å². The topological polar surface area (TPSA) is 104 Å². The molecule has 0 bridgehead atoms. The molecule has 0 spiro atoms. The van der Waals surface area contributed by atoms with Gasteiger partial charge in [0.05, 0.1) is 5.66 Å². The lowest BCUT2D eigenvalue weighted by atomic mass is 9.65. The molecule has 0 saturated heterocycles. The number of nitrogens with two attached hydrogens (primary N) is 4. The number of hydrogen-bond donors (Lipinski definition) is 4. The maximum atomic E-state index is 5.66. The lowest BCUT2D eigenvalue weighted by Crippen LogP contribution is -2.86. The van der Waals surface area contributed by atoms with E-state index in [2.05, 4.69) is 0 Å². The van der Waals surface area contributed by atoms with Crippen LogP contribution in [0.1, 0.15) is 13.3 Å². The zero-order valence-electron chi connectivity index (χ0n) is 5.59. The van der Waals surface area contributed by atoms with Crippen molar-refractivity contribution in [2.45, 2.75) is 30.6 Å². The summed E-state index contributed by atoms with van der Waals surface area (Å²) in [5.41, 5.74) is 21.0. The molecule has 1 rings (SSSR count). The SMILES string of the molecule is CC1(N)CC(N)C1(N)N. The molecule has 8 N–H and O–H groups in total. The molecule has 0 aromatic rings. The lowest BCUT2D eigenvalue weighted by molar-refractivity contribution is 0.0763. The zero-order valence-corrected chi connectivity index (χ0v) is 5.59. The minimum Gasteiger partial charge on any atom is -0.325 e. The molecule has 1 fully saturated rings. The Hall–Kier alpha value is -0.160. The van der Waals surface area contributed by atoms with Crippen LogP contribution in [0.3, 0.4) is 0 Å². The molecule has 4 heteroatoms. The third-order valence-corrected chi connectivity index (χ3v) is 2.25. The molecule has 4 nitrogen and oxygen atoms in total. The Bertz CT molecular complexity index is 129. The summed E-state index contributed by atoms with van der Waals surface area (Å²) >= 11 is 0. The molecule has 1 aliphatic rings. The summed E-state index contributed by atoms with van der Waals surface area (Å²) in [5.74, 6) is 0. The number of rotatable bonds is 0. The molecule has 2 atom stereocenters. The van der Waals surface area contributed by atoms with Gasteiger partial charge in [-0.3, -0.25) is 0 Å². The smallest absolute Gasteiger partial charge is 0.0975 e. The second kappa shape index (κ2) is 1.46. The molecule has 0 radical (unpaired) electrons. The number of hydrogen-bond acceptors (Lipinski definition) is 4. The fraction of sp³-hybridized carbons (Fsp3) is 1.00.